The number of halogens is 5. The van der Waals surface area contributed by atoms with E-state index < -0.39 is 36.6 Å². The van der Waals surface area contributed by atoms with Crippen LogP contribution in [-0.4, -0.2) is 22.4 Å². The van der Waals surface area contributed by atoms with Gasteiger partial charge in [0.25, 0.3) is 6.43 Å². The van der Waals surface area contributed by atoms with Crippen molar-refractivity contribution in [2.24, 2.45) is 0 Å². The third-order valence-electron chi connectivity index (χ3n) is 2.05. The monoisotopic (exact) mass is 285 g/mol. The Labute approximate surface area is 103 Å². The molecule has 0 saturated heterocycles. The lowest BCUT2D eigenvalue weighted by Crippen LogP contribution is -2.20. The average molecular weight is 285 g/mol. The van der Waals surface area contributed by atoms with Crippen LogP contribution < -0.4 is 4.74 Å². The molecule has 1 rings (SSSR count). The number of aliphatic carboxylic acids is 1. The Morgan fingerprint density at radius 3 is 2.47 bits per heavy atom. The van der Waals surface area contributed by atoms with Crippen molar-refractivity contribution in [2.45, 2.75) is 26.1 Å². The predicted octanol–water partition coefficient (Wildman–Crippen LogP) is 2.85. The van der Waals surface area contributed by atoms with Gasteiger partial charge in [-0.2, -0.15) is 0 Å². The molecule has 0 radical (unpaired) electrons. The Kier molecular flexibility index (Phi) is 4.28. The second-order valence-corrected chi connectivity index (χ2v) is 3.57. The first-order valence-electron chi connectivity index (χ1n) is 4.86. The van der Waals surface area contributed by atoms with Gasteiger partial charge in [-0.1, -0.05) is 0 Å². The maximum Gasteiger partial charge on any atom is 0.574 e. The number of ether oxygens (including phenoxy) is 1. The van der Waals surface area contributed by atoms with Gasteiger partial charge >= 0.3 is 12.3 Å². The highest BCUT2D eigenvalue weighted by Crippen LogP contribution is 2.34. The Balaban J connectivity index is 3.28. The van der Waals surface area contributed by atoms with Crippen LogP contribution in [0.25, 0.3) is 0 Å². The lowest BCUT2D eigenvalue weighted by atomic mass is 10.1. The van der Waals surface area contributed by atoms with E-state index in [-0.39, 0.29) is 11.3 Å². The first kappa shape index (κ1) is 15.1. The van der Waals surface area contributed by atoms with E-state index >= 15 is 0 Å². The molecule has 0 aliphatic carbocycles. The number of aryl methyl sites for hydroxylation is 1. The van der Waals surface area contributed by atoms with Crippen LogP contribution in [0.3, 0.4) is 0 Å². The fraction of sp³-hybridized carbons (Fsp3) is 0.400. The lowest BCUT2D eigenvalue weighted by Gasteiger charge is -2.15. The van der Waals surface area contributed by atoms with Crippen LogP contribution in [0.5, 0.6) is 5.88 Å². The molecule has 1 N–H and O–H groups in total. The number of carboxylic acid groups (broad SMARTS) is 1. The van der Waals surface area contributed by atoms with Crippen LogP contribution in [0, 0.1) is 6.92 Å². The van der Waals surface area contributed by atoms with Crippen LogP contribution in [0.2, 0.25) is 0 Å². The summed E-state index contributed by atoms with van der Waals surface area (Å²) in [5.74, 6) is -2.67. The summed E-state index contributed by atoms with van der Waals surface area (Å²) in [5.41, 5.74) is -1.53. The van der Waals surface area contributed by atoms with Crippen molar-refractivity contribution in [3.63, 3.8) is 0 Å². The Morgan fingerprint density at radius 1 is 1.47 bits per heavy atom. The molecule has 0 aliphatic heterocycles. The van der Waals surface area contributed by atoms with Gasteiger partial charge in [0, 0.05) is 0 Å². The summed E-state index contributed by atoms with van der Waals surface area (Å²) in [5, 5.41) is 8.51. The van der Waals surface area contributed by atoms with Crippen LogP contribution in [0.15, 0.2) is 6.07 Å². The molecule has 1 aromatic heterocycles. The third kappa shape index (κ3) is 4.34. The molecule has 9 heteroatoms. The highest BCUT2D eigenvalue weighted by Gasteiger charge is 2.35. The summed E-state index contributed by atoms with van der Waals surface area (Å²) in [4.78, 5) is 13.6. The van der Waals surface area contributed by atoms with E-state index in [1.807, 2.05) is 0 Å². The number of hydrogen-bond acceptors (Lipinski definition) is 3. The summed E-state index contributed by atoms with van der Waals surface area (Å²) in [6.45, 7) is 1.12. The van der Waals surface area contributed by atoms with Gasteiger partial charge in [0.15, 0.2) is 0 Å². The molecular weight excluding hydrogens is 277 g/mol. The van der Waals surface area contributed by atoms with Gasteiger partial charge in [-0.05, 0) is 18.6 Å². The van der Waals surface area contributed by atoms with Gasteiger partial charge in [0.1, 0.15) is 0 Å². The fourth-order valence-electron chi connectivity index (χ4n) is 1.42. The molecule has 0 aliphatic rings. The predicted molar refractivity (Wildman–Crippen MR) is 52.0 cm³/mol. The summed E-state index contributed by atoms with van der Waals surface area (Å²) in [6, 6.07) is 0.985. The van der Waals surface area contributed by atoms with Gasteiger partial charge in [-0.25, -0.2) is 13.8 Å². The minimum absolute atomic E-state index is 0.222. The highest BCUT2D eigenvalue weighted by atomic mass is 19.4. The van der Waals surface area contributed by atoms with Gasteiger partial charge in [0.2, 0.25) is 5.88 Å². The first-order chi connectivity index (χ1) is 8.60. The zero-order valence-corrected chi connectivity index (χ0v) is 9.46. The largest absolute Gasteiger partial charge is 0.574 e. The van der Waals surface area contributed by atoms with Gasteiger partial charge in [-0.3, -0.25) is 4.79 Å². The molecule has 0 unspecified atom stereocenters. The Hall–Kier alpha value is -1.93. The molecule has 106 valence electrons. The second kappa shape index (κ2) is 5.37. The number of pyridine rings is 1. The van der Waals surface area contributed by atoms with Crippen molar-refractivity contribution in [3.05, 3.63) is 22.9 Å². The minimum atomic E-state index is -5.19. The maximum atomic E-state index is 12.7. The number of alkyl halides is 5. The zero-order chi connectivity index (χ0) is 14.8. The molecule has 0 bridgehead atoms. The van der Waals surface area contributed by atoms with E-state index in [9.17, 15) is 26.7 Å². The van der Waals surface area contributed by atoms with E-state index in [0.717, 1.165) is 13.0 Å². The van der Waals surface area contributed by atoms with Crippen LogP contribution in [0.1, 0.15) is 23.2 Å². The second-order valence-electron chi connectivity index (χ2n) is 3.57. The zero-order valence-electron chi connectivity index (χ0n) is 9.46. The van der Waals surface area contributed by atoms with E-state index in [0.29, 0.717) is 0 Å². The van der Waals surface area contributed by atoms with E-state index in [4.69, 9.17) is 5.11 Å². The molecule has 1 aromatic rings. The van der Waals surface area contributed by atoms with Gasteiger partial charge < -0.3 is 9.84 Å². The van der Waals surface area contributed by atoms with E-state index in [1.54, 1.807) is 0 Å². The number of carbonyl (C=O) groups is 1. The van der Waals surface area contributed by atoms with Crippen LogP contribution in [-0.2, 0) is 11.2 Å². The standard InChI is InChI=1S/C10H8F5NO3/c1-4-2-5(3-6(17)18)16-9(7(4)8(11)12)19-10(13,14)15/h2,8H,3H2,1H3,(H,17,18). The van der Waals surface area contributed by atoms with Crippen molar-refractivity contribution in [3.8, 4) is 5.88 Å². The molecule has 0 amide bonds. The summed E-state index contributed by atoms with van der Waals surface area (Å²) in [6.07, 6.45) is -9.10. The first-order valence-corrected chi connectivity index (χ1v) is 4.86. The number of aromatic nitrogens is 1. The summed E-state index contributed by atoms with van der Waals surface area (Å²) in [7, 11) is 0. The number of hydrogen-bond donors (Lipinski definition) is 1. The maximum absolute atomic E-state index is 12.7. The number of carboxylic acids is 1. The molecule has 0 fully saturated rings. The molecule has 0 aromatic carbocycles. The molecular formula is C10H8F5NO3. The van der Waals surface area contributed by atoms with E-state index in [1.165, 1.54) is 0 Å². The lowest BCUT2D eigenvalue weighted by molar-refractivity contribution is -0.276. The average Bonchev–Trinajstić information content (AvgIpc) is 2.10. The molecule has 1 heterocycles. The normalized spacial score (nSPS) is 11.7. The Morgan fingerprint density at radius 2 is 2.05 bits per heavy atom. The van der Waals surface area contributed by atoms with Gasteiger partial charge in [0.05, 0.1) is 17.7 Å². The van der Waals surface area contributed by atoms with Crippen LogP contribution >= 0.6 is 0 Å². The topological polar surface area (TPSA) is 59.4 Å². The minimum Gasteiger partial charge on any atom is -0.481 e. The van der Waals surface area contributed by atoms with Gasteiger partial charge in [-0.15, -0.1) is 13.2 Å². The molecule has 0 spiro atoms. The molecule has 19 heavy (non-hydrogen) atoms. The smallest absolute Gasteiger partial charge is 0.481 e. The van der Waals surface area contributed by atoms with Crippen molar-refractivity contribution in [1.29, 1.82) is 0 Å². The molecule has 0 saturated carbocycles. The Bertz CT molecular complexity index is 487. The fourth-order valence-corrected chi connectivity index (χ4v) is 1.42. The van der Waals surface area contributed by atoms with Crippen LogP contribution in [0.4, 0.5) is 22.0 Å². The van der Waals surface area contributed by atoms with Crippen molar-refractivity contribution < 1.29 is 36.6 Å². The highest BCUT2D eigenvalue weighted by molar-refractivity contribution is 5.69. The van der Waals surface area contributed by atoms with Crippen molar-refractivity contribution in [2.75, 3.05) is 0 Å². The quantitative estimate of drug-likeness (QED) is 0.864. The molecule has 4 nitrogen and oxygen atoms in total. The summed E-state index contributed by atoms with van der Waals surface area (Å²) >= 11 is 0. The van der Waals surface area contributed by atoms with Crippen molar-refractivity contribution in [1.82, 2.24) is 4.98 Å². The molecule has 0 atom stereocenters. The summed E-state index contributed by atoms with van der Waals surface area (Å²) < 4.78 is 65.0. The van der Waals surface area contributed by atoms with E-state index in [2.05, 4.69) is 9.72 Å². The third-order valence-corrected chi connectivity index (χ3v) is 2.05. The number of nitrogens with zero attached hydrogens (tertiary/aromatic N) is 1. The number of rotatable bonds is 4. The van der Waals surface area contributed by atoms with Crippen molar-refractivity contribution >= 4 is 5.97 Å². The SMILES string of the molecule is Cc1cc(CC(=O)O)nc(OC(F)(F)F)c1C(F)F.